The van der Waals surface area contributed by atoms with E-state index in [1.54, 1.807) is 0 Å². The summed E-state index contributed by atoms with van der Waals surface area (Å²) in [5, 5.41) is 0. The highest BCUT2D eigenvalue weighted by Gasteiger charge is 2.30. The molecule has 21 heavy (non-hydrogen) atoms. The summed E-state index contributed by atoms with van der Waals surface area (Å²) in [6, 6.07) is 12.1. The topological polar surface area (TPSA) is 32.5 Å². The molecule has 0 bridgehead atoms. The van der Waals surface area contributed by atoms with Gasteiger partial charge in [0.2, 0.25) is 0 Å². The molecule has 0 radical (unpaired) electrons. The van der Waals surface area contributed by atoms with E-state index in [-0.39, 0.29) is 6.04 Å². The highest BCUT2D eigenvalue weighted by molar-refractivity contribution is 5.15. The third-order valence-corrected chi connectivity index (χ3v) is 4.79. The van der Waals surface area contributed by atoms with Gasteiger partial charge in [-0.15, -0.1) is 0 Å². The highest BCUT2D eigenvalue weighted by Crippen LogP contribution is 2.25. The van der Waals surface area contributed by atoms with Crippen molar-refractivity contribution in [3.63, 3.8) is 0 Å². The molecule has 0 aliphatic heterocycles. The summed E-state index contributed by atoms with van der Waals surface area (Å²) >= 11 is 0. The standard InChI is InChI=1S/C18H31N3/c1-20(2)17-11-7-8-12-18(17)21(3)14-16(19)13-15-9-5-4-6-10-15/h4-6,9-10,16-18H,7-8,11-14,19H2,1-3H3/t16-,17-,18-/m0/s1. The van der Waals surface area contributed by atoms with Crippen LogP contribution in [0.1, 0.15) is 31.2 Å². The molecule has 1 aromatic carbocycles. The third kappa shape index (κ3) is 4.80. The fraction of sp³-hybridized carbons (Fsp3) is 0.667. The largest absolute Gasteiger partial charge is 0.326 e. The van der Waals surface area contributed by atoms with Crippen molar-refractivity contribution in [1.29, 1.82) is 0 Å². The average Bonchev–Trinajstić information content (AvgIpc) is 2.48. The number of nitrogens with two attached hydrogens (primary N) is 1. The molecule has 0 unspecified atom stereocenters. The molecule has 3 atom stereocenters. The molecule has 3 heteroatoms. The predicted molar refractivity (Wildman–Crippen MR) is 90.5 cm³/mol. The van der Waals surface area contributed by atoms with Crippen LogP contribution in [0.25, 0.3) is 0 Å². The van der Waals surface area contributed by atoms with Crippen molar-refractivity contribution in [3.05, 3.63) is 35.9 Å². The molecule has 0 amide bonds. The molecule has 2 N–H and O–H groups in total. The third-order valence-electron chi connectivity index (χ3n) is 4.79. The second kappa shape index (κ2) is 7.92. The number of benzene rings is 1. The molecule has 1 saturated carbocycles. The molecule has 0 saturated heterocycles. The monoisotopic (exact) mass is 289 g/mol. The molecule has 3 nitrogen and oxygen atoms in total. The van der Waals surface area contributed by atoms with Gasteiger partial charge in [-0.1, -0.05) is 43.2 Å². The molecule has 0 heterocycles. The van der Waals surface area contributed by atoms with Crippen molar-refractivity contribution in [3.8, 4) is 0 Å². The Morgan fingerprint density at radius 1 is 1.05 bits per heavy atom. The lowest BCUT2D eigenvalue weighted by Gasteiger charge is -2.42. The minimum Gasteiger partial charge on any atom is -0.326 e. The van der Waals surface area contributed by atoms with E-state index in [0.717, 1.165) is 13.0 Å². The minimum atomic E-state index is 0.210. The molecule has 118 valence electrons. The maximum Gasteiger partial charge on any atom is 0.0248 e. The van der Waals surface area contributed by atoms with E-state index in [4.69, 9.17) is 5.73 Å². The number of nitrogens with zero attached hydrogens (tertiary/aromatic N) is 2. The number of likely N-dealkylation sites (N-methyl/N-ethyl adjacent to an activating group) is 2. The van der Waals surface area contributed by atoms with E-state index in [9.17, 15) is 0 Å². The van der Waals surface area contributed by atoms with Crippen LogP contribution in [0.4, 0.5) is 0 Å². The molecule has 0 spiro atoms. The van der Waals surface area contributed by atoms with Crippen molar-refractivity contribution in [2.75, 3.05) is 27.7 Å². The molecule has 1 aliphatic carbocycles. The SMILES string of the molecule is CN(C)[C@H]1CCCC[C@@H]1N(C)C[C@@H](N)Cc1ccccc1. The van der Waals surface area contributed by atoms with Gasteiger partial charge in [0.05, 0.1) is 0 Å². The zero-order valence-electron chi connectivity index (χ0n) is 13.8. The van der Waals surface area contributed by atoms with Crippen molar-refractivity contribution in [2.24, 2.45) is 5.73 Å². The lowest BCUT2D eigenvalue weighted by atomic mass is 9.88. The smallest absolute Gasteiger partial charge is 0.0248 e. The van der Waals surface area contributed by atoms with Crippen LogP contribution < -0.4 is 5.73 Å². The Morgan fingerprint density at radius 2 is 1.67 bits per heavy atom. The first-order chi connectivity index (χ1) is 10.1. The summed E-state index contributed by atoms with van der Waals surface area (Å²) in [7, 11) is 6.67. The van der Waals surface area contributed by atoms with Gasteiger partial charge in [-0.25, -0.2) is 0 Å². The Kier molecular flexibility index (Phi) is 6.22. The van der Waals surface area contributed by atoms with Crippen LogP contribution in [-0.2, 0) is 6.42 Å². The van der Waals surface area contributed by atoms with Crippen molar-refractivity contribution < 1.29 is 0 Å². The van der Waals surface area contributed by atoms with Crippen LogP contribution in [0.15, 0.2) is 30.3 Å². The Balaban J connectivity index is 1.88. The van der Waals surface area contributed by atoms with Gasteiger partial charge >= 0.3 is 0 Å². The van der Waals surface area contributed by atoms with Crippen LogP contribution in [0.5, 0.6) is 0 Å². The van der Waals surface area contributed by atoms with Crippen molar-refractivity contribution >= 4 is 0 Å². The molecule has 1 fully saturated rings. The van der Waals surface area contributed by atoms with Gasteiger partial charge in [-0.05, 0) is 46.0 Å². The predicted octanol–water partition coefficient (Wildman–Crippen LogP) is 2.36. The van der Waals surface area contributed by atoms with Crippen LogP contribution >= 0.6 is 0 Å². The molecule has 2 rings (SSSR count). The van der Waals surface area contributed by atoms with Gasteiger partial charge in [0.15, 0.2) is 0 Å². The normalized spacial score (nSPS) is 24.5. The Hall–Kier alpha value is -0.900. The summed E-state index contributed by atoms with van der Waals surface area (Å²) in [5.74, 6) is 0. The molecular weight excluding hydrogens is 258 g/mol. The van der Waals surface area contributed by atoms with Gasteiger partial charge in [0.25, 0.3) is 0 Å². The minimum absolute atomic E-state index is 0.210. The maximum absolute atomic E-state index is 6.38. The number of rotatable bonds is 6. The summed E-state index contributed by atoms with van der Waals surface area (Å²) in [6.45, 7) is 0.976. The van der Waals surface area contributed by atoms with Crippen LogP contribution in [-0.4, -0.2) is 55.6 Å². The summed E-state index contributed by atoms with van der Waals surface area (Å²) in [4.78, 5) is 4.89. The molecule has 1 aliphatic rings. The van der Waals surface area contributed by atoms with E-state index >= 15 is 0 Å². The van der Waals surface area contributed by atoms with E-state index in [1.807, 2.05) is 0 Å². The Labute approximate surface area is 130 Å². The molecule has 0 aromatic heterocycles. The Bertz CT molecular complexity index is 404. The van der Waals surface area contributed by atoms with E-state index < -0.39 is 0 Å². The number of hydrogen-bond acceptors (Lipinski definition) is 3. The van der Waals surface area contributed by atoms with E-state index in [0.29, 0.717) is 12.1 Å². The second-order valence-electron chi connectivity index (χ2n) is 6.77. The first kappa shape index (κ1) is 16.5. The van der Waals surface area contributed by atoms with E-state index in [1.165, 1.54) is 31.2 Å². The van der Waals surface area contributed by atoms with Crippen LogP contribution in [0.2, 0.25) is 0 Å². The van der Waals surface area contributed by atoms with Gasteiger partial charge < -0.3 is 15.5 Å². The summed E-state index contributed by atoms with van der Waals surface area (Å²) in [5.41, 5.74) is 7.72. The van der Waals surface area contributed by atoms with Gasteiger partial charge in [0.1, 0.15) is 0 Å². The maximum atomic E-state index is 6.38. The fourth-order valence-electron chi connectivity index (χ4n) is 3.69. The fourth-order valence-corrected chi connectivity index (χ4v) is 3.69. The zero-order chi connectivity index (χ0) is 15.2. The molecular formula is C18H31N3. The molecule has 1 aromatic rings. The average molecular weight is 289 g/mol. The van der Waals surface area contributed by atoms with Gasteiger partial charge in [0, 0.05) is 24.7 Å². The van der Waals surface area contributed by atoms with E-state index in [2.05, 4.69) is 61.3 Å². The quantitative estimate of drug-likeness (QED) is 0.872. The van der Waals surface area contributed by atoms with Gasteiger partial charge in [-0.3, -0.25) is 0 Å². The van der Waals surface area contributed by atoms with Gasteiger partial charge in [-0.2, -0.15) is 0 Å². The van der Waals surface area contributed by atoms with Crippen molar-refractivity contribution in [2.45, 2.75) is 50.2 Å². The summed E-state index contributed by atoms with van der Waals surface area (Å²) < 4.78 is 0. The Morgan fingerprint density at radius 3 is 2.29 bits per heavy atom. The second-order valence-corrected chi connectivity index (χ2v) is 6.77. The zero-order valence-corrected chi connectivity index (χ0v) is 13.8. The lowest BCUT2D eigenvalue weighted by molar-refractivity contribution is 0.0883. The first-order valence-electron chi connectivity index (χ1n) is 8.24. The highest BCUT2D eigenvalue weighted by atomic mass is 15.2. The number of hydrogen-bond donors (Lipinski definition) is 1. The summed E-state index contributed by atoms with van der Waals surface area (Å²) in [6.07, 6.45) is 6.30. The van der Waals surface area contributed by atoms with Crippen LogP contribution in [0, 0.1) is 0 Å². The first-order valence-corrected chi connectivity index (χ1v) is 8.24. The lowest BCUT2D eigenvalue weighted by Crippen LogP contribution is -2.52. The van der Waals surface area contributed by atoms with Crippen molar-refractivity contribution in [1.82, 2.24) is 9.80 Å². The van der Waals surface area contributed by atoms with Crippen LogP contribution in [0.3, 0.4) is 0 Å².